The number of benzene rings is 1. The lowest BCUT2D eigenvalue weighted by Crippen LogP contribution is -2.07. The molecule has 0 fully saturated rings. The SMILES string of the molecule is CSCCCNc1cc(C(=O)O)ccc1N. The fourth-order valence-corrected chi connectivity index (χ4v) is 1.71. The molecule has 4 nitrogen and oxygen atoms in total. The topological polar surface area (TPSA) is 75.3 Å². The third kappa shape index (κ3) is 3.66. The third-order valence-electron chi connectivity index (χ3n) is 2.14. The average molecular weight is 240 g/mol. The highest BCUT2D eigenvalue weighted by atomic mass is 32.2. The van der Waals surface area contributed by atoms with Crippen LogP contribution >= 0.6 is 11.8 Å². The molecule has 1 aromatic rings. The maximum Gasteiger partial charge on any atom is 0.335 e. The molecule has 88 valence electrons. The normalized spacial score (nSPS) is 10.1. The monoisotopic (exact) mass is 240 g/mol. The van der Waals surface area contributed by atoms with E-state index in [1.165, 1.54) is 6.07 Å². The Morgan fingerprint density at radius 1 is 1.56 bits per heavy atom. The molecule has 0 spiro atoms. The molecule has 0 bridgehead atoms. The molecule has 0 aliphatic rings. The molecule has 0 saturated heterocycles. The van der Waals surface area contributed by atoms with Crippen molar-refractivity contribution >= 4 is 29.1 Å². The van der Waals surface area contributed by atoms with Crippen molar-refractivity contribution in [3.63, 3.8) is 0 Å². The van der Waals surface area contributed by atoms with Crippen LogP contribution in [-0.4, -0.2) is 29.6 Å². The van der Waals surface area contributed by atoms with Gasteiger partial charge in [0.15, 0.2) is 0 Å². The Bertz CT molecular complexity index is 369. The van der Waals surface area contributed by atoms with Gasteiger partial charge in [-0.05, 0) is 36.6 Å². The van der Waals surface area contributed by atoms with E-state index >= 15 is 0 Å². The van der Waals surface area contributed by atoms with Gasteiger partial charge in [-0.2, -0.15) is 11.8 Å². The maximum atomic E-state index is 10.8. The summed E-state index contributed by atoms with van der Waals surface area (Å²) in [7, 11) is 0. The summed E-state index contributed by atoms with van der Waals surface area (Å²) in [4.78, 5) is 10.8. The summed E-state index contributed by atoms with van der Waals surface area (Å²) in [5.74, 6) is 0.137. The highest BCUT2D eigenvalue weighted by Gasteiger charge is 2.05. The number of nitrogens with one attached hydrogen (secondary N) is 1. The van der Waals surface area contributed by atoms with E-state index in [9.17, 15) is 4.79 Å². The number of rotatable bonds is 6. The van der Waals surface area contributed by atoms with Crippen molar-refractivity contribution < 1.29 is 9.90 Å². The van der Waals surface area contributed by atoms with Gasteiger partial charge in [0, 0.05) is 6.54 Å². The van der Waals surface area contributed by atoms with Gasteiger partial charge in [0.2, 0.25) is 0 Å². The molecule has 5 heteroatoms. The number of anilines is 2. The third-order valence-corrected chi connectivity index (χ3v) is 2.84. The van der Waals surface area contributed by atoms with E-state index in [1.54, 1.807) is 23.9 Å². The summed E-state index contributed by atoms with van der Waals surface area (Å²) in [6.45, 7) is 0.800. The summed E-state index contributed by atoms with van der Waals surface area (Å²) < 4.78 is 0. The minimum Gasteiger partial charge on any atom is -0.478 e. The van der Waals surface area contributed by atoms with Gasteiger partial charge in [-0.3, -0.25) is 0 Å². The molecule has 0 heterocycles. The Kier molecular flexibility index (Phi) is 4.98. The van der Waals surface area contributed by atoms with E-state index in [4.69, 9.17) is 10.8 Å². The van der Waals surface area contributed by atoms with Crippen LogP contribution in [-0.2, 0) is 0 Å². The molecule has 0 amide bonds. The van der Waals surface area contributed by atoms with Crippen LogP contribution in [0.5, 0.6) is 0 Å². The number of carboxylic acid groups (broad SMARTS) is 1. The highest BCUT2D eigenvalue weighted by Crippen LogP contribution is 2.20. The van der Waals surface area contributed by atoms with Crippen molar-refractivity contribution in [1.29, 1.82) is 0 Å². The van der Waals surface area contributed by atoms with Crippen molar-refractivity contribution in [2.75, 3.05) is 29.6 Å². The van der Waals surface area contributed by atoms with Crippen molar-refractivity contribution in [2.45, 2.75) is 6.42 Å². The molecular weight excluding hydrogens is 224 g/mol. The van der Waals surface area contributed by atoms with Gasteiger partial charge >= 0.3 is 5.97 Å². The maximum absolute atomic E-state index is 10.8. The van der Waals surface area contributed by atoms with Crippen LogP contribution in [0.2, 0.25) is 0 Å². The fraction of sp³-hybridized carbons (Fsp3) is 0.364. The molecule has 1 rings (SSSR count). The predicted molar refractivity (Wildman–Crippen MR) is 69.3 cm³/mol. The van der Waals surface area contributed by atoms with Crippen LogP contribution in [0.4, 0.5) is 11.4 Å². The number of nitrogens with two attached hydrogens (primary N) is 1. The Labute approximate surface area is 99.2 Å². The quantitative estimate of drug-likeness (QED) is 0.524. The van der Waals surface area contributed by atoms with E-state index in [0.29, 0.717) is 11.4 Å². The molecule has 0 radical (unpaired) electrons. The molecule has 0 aliphatic carbocycles. The predicted octanol–water partition coefficient (Wildman–Crippen LogP) is 2.13. The zero-order chi connectivity index (χ0) is 12.0. The summed E-state index contributed by atoms with van der Waals surface area (Å²) >= 11 is 1.78. The van der Waals surface area contributed by atoms with E-state index in [1.807, 2.05) is 0 Å². The van der Waals surface area contributed by atoms with Crippen molar-refractivity contribution in [3.05, 3.63) is 23.8 Å². The number of thioether (sulfide) groups is 1. The first kappa shape index (κ1) is 12.7. The Balaban J connectivity index is 2.63. The van der Waals surface area contributed by atoms with E-state index in [-0.39, 0.29) is 5.56 Å². The second kappa shape index (κ2) is 6.27. The number of nitrogen functional groups attached to an aromatic ring is 1. The second-order valence-electron chi connectivity index (χ2n) is 3.38. The number of hydrogen-bond donors (Lipinski definition) is 3. The Morgan fingerprint density at radius 2 is 2.31 bits per heavy atom. The molecule has 0 saturated carbocycles. The molecule has 4 N–H and O–H groups in total. The van der Waals surface area contributed by atoms with E-state index in [0.717, 1.165) is 18.7 Å². The lowest BCUT2D eigenvalue weighted by Gasteiger charge is -2.09. The van der Waals surface area contributed by atoms with Gasteiger partial charge in [-0.1, -0.05) is 0 Å². The largest absolute Gasteiger partial charge is 0.478 e. The van der Waals surface area contributed by atoms with Gasteiger partial charge in [0.25, 0.3) is 0 Å². The average Bonchev–Trinajstić information content (AvgIpc) is 2.26. The number of hydrogen-bond acceptors (Lipinski definition) is 4. The fourth-order valence-electron chi connectivity index (χ4n) is 1.28. The van der Waals surface area contributed by atoms with Gasteiger partial charge in [0.05, 0.1) is 16.9 Å². The zero-order valence-corrected chi connectivity index (χ0v) is 10.0. The van der Waals surface area contributed by atoms with Crippen molar-refractivity contribution in [2.24, 2.45) is 0 Å². The smallest absolute Gasteiger partial charge is 0.335 e. The minimum atomic E-state index is -0.938. The zero-order valence-electron chi connectivity index (χ0n) is 9.19. The number of carbonyl (C=O) groups is 1. The number of carboxylic acids is 1. The van der Waals surface area contributed by atoms with E-state index < -0.39 is 5.97 Å². The van der Waals surface area contributed by atoms with Gasteiger partial charge in [-0.25, -0.2) is 4.79 Å². The van der Waals surface area contributed by atoms with Crippen LogP contribution < -0.4 is 11.1 Å². The second-order valence-corrected chi connectivity index (χ2v) is 4.37. The first-order chi connectivity index (χ1) is 7.65. The molecule has 16 heavy (non-hydrogen) atoms. The standard InChI is InChI=1S/C11H16N2O2S/c1-16-6-2-5-13-10-7-8(11(14)15)3-4-9(10)12/h3-4,7,13H,2,5-6,12H2,1H3,(H,14,15). The summed E-state index contributed by atoms with van der Waals surface area (Å²) in [5.41, 5.74) is 7.27. The first-order valence-electron chi connectivity index (χ1n) is 5.00. The summed E-state index contributed by atoms with van der Waals surface area (Å²) in [5, 5.41) is 12.0. The first-order valence-corrected chi connectivity index (χ1v) is 6.40. The number of aromatic carboxylic acids is 1. The van der Waals surface area contributed by atoms with Gasteiger partial charge < -0.3 is 16.2 Å². The van der Waals surface area contributed by atoms with Crippen LogP contribution in [0.15, 0.2) is 18.2 Å². The molecule has 1 aromatic carbocycles. The molecular formula is C11H16N2O2S. The van der Waals surface area contributed by atoms with Crippen LogP contribution in [0.1, 0.15) is 16.8 Å². The minimum absolute atomic E-state index is 0.251. The molecule has 0 aliphatic heterocycles. The van der Waals surface area contributed by atoms with Crippen molar-refractivity contribution in [1.82, 2.24) is 0 Å². The van der Waals surface area contributed by atoms with Crippen LogP contribution in [0.25, 0.3) is 0 Å². The van der Waals surface area contributed by atoms with E-state index in [2.05, 4.69) is 11.6 Å². The molecule has 0 aromatic heterocycles. The Morgan fingerprint density at radius 3 is 2.94 bits per heavy atom. The summed E-state index contributed by atoms with van der Waals surface area (Å²) in [6, 6.07) is 4.68. The van der Waals surface area contributed by atoms with Crippen LogP contribution in [0.3, 0.4) is 0 Å². The Hall–Kier alpha value is -1.36. The van der Waals surface area contributed by atoms with Crippen molar-refractivity contribution in [3.8, 4) is 0 Å². The summed E-state index contributed by atoms with van der Waals surface area (Å²) in [6.07, 6.45) is 3.08. The lowest BCUT2D eigenvalue weighted by atomic mass is 10.1. The van der Waals surface area contributed by atoms with Crippen LogP contribution in [0, 0.1) is 0 Å². The molecule has 0 atom stereocenters. The molecule has 0 unspecified atom stereocenters. The van der Waals surface area contributed by atoms with Gasteiger partial charge in [0.1, 0.15) is 0 Å². The lowest BCUT2D eigenvalue weighted by molar-refractivity contribution is 0.0697. The highest BCUT2D eigenvalue weighted by molar-refractivity contribution is 7.98. The van der Waals surface area contributed by atoms with Gasteiger partial charge in [-0.15, -0.1) is 0 Å².